The van der Waals surface area contributed by atoms with Gasteiger partial charge in [0.2, 0.25) is 5.91 Å². The van der Waals surface area contributed by atoms with Crippen molar-refractivity contribution in [3.8, 4) is 11.8 Å². The number of halogens is 2. The number of benzene rings is 2. The van der Waals surface area contributed by atoms with Gasteiger partial charge in [0.05, 0.1) is 18.6 Å². The Kier molecular flexibility index (Phi) is 8.89. The second-order valence-electron chi connectivity index (χ2n) is 10.2. The molecule has 38 heavy (non-hydrogen) atoms. The molecule has 0 aromatic heterocycles. The average molecular weight is 527 g/mol. The molecule has 1 aliphatic rings. The minimum absolute atomic E-state index is 0.0161. The second kappa shape index (κ2) is 11.7. The van der Waals surface area contributed by atoms with E-state index in [1.165, 1.54) is 4.90 Å². The Balaban J connectivity index is 1.88. The molecule has 1 aliphatic heterocycles. The largest absolute Gasteiger partial charge is 0.460 e. The summed E-state index contributed by atoms with van der Waals surface area (Å²) in [4.78, 5) is 40.4. The maximum absolute atomic E-state index is 15.2. The van der Waals surface area contributed by atoms with Crippen molar-refractivity contribution >= 4 is 23.6 Å². The number of aliphatic hydroxyl groups is 1. The molecule has 2 aromatic rings. The lowest BCUT2D eigenvalue weighted by Crippen LogP contribution is -2.66. The number of amides is 3. The van der Waals surface area contributed by atoms with Crippen LogP contribution in [0.4, 0.5) is 19.3 Å². The molecule has 2 aromatic carbocycles. The fourth-order valence-corrected chi connectivity index (χ4v) is 4.30. The highest BCUT2D eigenvalue weighted by Crippen LogP contribution is 2.36. The highest BCUT2D eigenvalue weighted by Gasteiger charge is 2.49. The third kappa shape index (κ3) is 6.56. The molecule has 0 bridgehead atoms. The van der Waals surface area contributed by atoms with Crippen molar-refractivity contribution in [1.29, 1.82) is 0 Å². The summed E-state index contributed by atoms with van der Waals surface area (Å²) < 4.78 is 35.7. The van der Waals surface area contributed by atoms with E-state index in [1.807, 2.05) is 6.07 Å². The van der Waals surface area contributed by atoms with Crippen LogP contribution in [0.2, 0.25) is 0 Å². The Morgan fingerprint density at radius 3 is 2.24 bits per heavy atom. The molecule has 0 aliphatic carbocycles. The molecule has 1 N–H and O–H groups in total. The van der Waals surface area contributed by atoms with Crippen molar-refractivity contribution in [1.82, 2.24) is 4.90 Å². The lowest BCUT2D eigenvalue weighted by atomic mass is 9.87. The summed E-state index contributed by atoms with van der Waals surface area (Å²) in [5.74, 6) is 1.95. The summed E-state index contributed by atoms with van der Waals surface area (Å²) >= 11 is 0. The topological polar surface area (TPSA) is 87.2 Å². The van der Waals surface area contributed by atoms with E-state index in [4.69, 9.17) is 4.74 Å². The Labute approximate surface area is 221 Å². The van der Waals surface area contributed by atoms with Crippen molar-refractivity contribution in [2.75, 3.05) is 18.1 Å². The number of imide groups is 1. The van der Waals surface area contributed by atoms with Gasteiger partial charge < -0.3 is 14.7 Å². The maximum atomic E-state index is 15.2. The predicted molar refractivity (Wildman–Crippen MR) is 138 cm³/mol. The van der Waals surface area contributed by atoms with Gasteiger partial charge in [-0.2, -0.15) is 0 Å². The van der Waals surface area contributed by atoms with Crippen molar-refractivity contribution in [2.45, 2.75) is 64.5 Å². The first-order valence-corrected chi connectivity index (χ1v) is 12.4. The first kappa shape index (κ1) is 28.8. The fraction of sp³-hybridized carbons (Fsp3) is 0.414. The minimum Gasteiger partial charge on any atom is -0.460 e. The van der Waals surface area contributed by atoms with E-state index < -0.39 is 53.0 Å². The van der Waals surface area contributed by atoms with E-state index in [0.29, 0.717) is 10.5 Å². The van der Waals surface area contributed by atoms with Crippen LogP contribution >= 0.6 is 0 Å². The standard InChI is InChI=1S/C29H32F2N2O5/c1-5-29(19-34)18-24(35)33(27(37)32(29)15-9-12-25(36)38-28(2,3)4)26-22(30)16-21(17-23(26)31)14-13-20-10-7-6-8-11-20/h6-8,10-11,16-17,34H,5,9,12,15,18-19H2,1-4H3. The number of urea groups is 1. The van der Waals surface area contributed by atoms with E-state index >= 15 is 8.78 Å². The first-order chi connectivity index (χ1) is 17.9. The van der Waals surface area contributed by atoms with E-state index in [2.05, 4.69) is 11.8 Å². The summed E-state index contributed by atoms with van der Waals surface area (Å²) in [5, 5.41) is 10.1. The predicted octanol–water partition coefficient (Wildman–Crippen LogP) is 4.79. The van der Waals surface area contributed by atoms with Crippen LogP contribution in [0.25, 0.3) is 0 Å². The molecule has 7 nitrogen and oxygen atoms in total. The molecule has 9 heteroatoms. The number of carbonyl (C=O) groups is 3. The van der Waals surface area contributed by atoms with E-state index in [9.17, 15) is 19.5 Å². The summed E-state index contributed by atoms with van der Waals surface area (Å²) in [6.45, 7) is 6.35. The number of nitrogens with zero attached hydrogens (tertiary/aromatic N) is 2. The van der Waals surface area contributed by atoms with Crippen molar-refractivity contribution in [3.63, 3.8) is 0 Å². The molecule has 1 fully saturated rings. The minimum atomic E-state index is -1.26. The van der Waals surface area contributed by atoms with Crippen LogP contribution in [-0.2, 0) is 14.3 Å². The Bertz CT molecular complexity index is 1230. The van der Waals surface area contributed by atoms with Gasteiger partial charge in [-0.25, -0.2) is 18.5 Å². The Morgan fingerprint density at radius 2 is 1.68 bits per heavy atom. The normalized spacial score (nSPS) is 17.8. The third-order valence-electron chi connectivity index (χ3n) is 6.22. The van der Waals surface area contributed by atoms with Crippen LogP contribution in [0.1, 0.15) is 64.5 Å². The average Bonchev–Trinajstić information content (AvgIpc) is 2.85. The summed E-state index contributed by atoms with van der Waals surface area (Å²) in [6.07, 6.45) is 0.0357. The van der Waals surface area contributed by atoms with Crippen molar-refractivity contribution in [3.05, 3.63) is 65.2 Å². The van der Waals surface area contributed by atoms with Crippen LogP contribution in [-0.4, -0.2) is 52.2 Å². The van der Waals surface area contributed by atoms with Crippen LogP contribution in [0.15, 0.2) is 42.5 Å². The molecule has 0 saturated carbocycles. The molecule has 202 valence electrons. The SMILES string of the molecule is CCC1(CO)CC(=O)N(c2c(F)cc(C#Cc3ccccc3)cc2F)C(=O)N1CCCC(=O)OC(C)(C)C. The van der Waals surface area contributed by atoms with Gasteiger partial charge in [0, 0.05) is 24.1 Å². The fourth-order valence-electron chi connectivity index (χ4n) is 4.30. The van der Waals surface area contributed by atoms with Gasteiger partial charge in [0.25, 0.3) is 0 Å². The molecule has 1 saturated heterocycles. The van der Waals surface area contributed by atoms with Crippen LogP contribution in [0.5, 0.6) is 0 Å². The number of hydrogen-bond acceptors (Lipinski definition) is 5. The molecule has 1 atom stereocenters. The van der Waals surface area contributed by atoms with Gasteiger partial charge in [-0.1, -0.05) is 37.0 Å². The van der Waals surface area contributed by atoms with Crippen LogP contribution in [0, 0.1) is 23.5 Å². The molecular formula is C29H32F2N2O5. The second-order valence-corrected chi connectivity index (χ2v) is 10.2. The number of aliphatic hydroxyl groups excluding tert-OH is 1. The zero-order valence-electron chi connectivity index (χ0n) is 22.0. The molecule has 1 unspecified atom stereocenters. The summed E-state index contributed by atoms with van der Waals surface area (Å²) in [7, 11) is 0. The Morgan fingerprint density at radius 1 is 1.08 bits per heavy atom. The van der Waals surface area contributed by atoms with E-state index in [1.54, 1.807) is 52.0 Å². The smallest absolute Gasteiger partial charge is 0.332 e. The number of esters is 1. The third-order valence-corrected chi connectivity index (χ3v) is 6.22. The van der Waals surface area contributed by atoms with Gasteiger partial charge in [-0.3, -0.25) is 9.59 Å². The van der Waals surface area contributed by atoms with Crippen LogP contribution in [0.3, 0.4) is 0 Å². The number of hydrogen-bond donors (Lipinski definition) is 1. The van der Waals surface area contributed by atoms with Crippen molar-refractivity contribution in [2.24, 2.45) is 0 Å². The van der Waals surface area contributed by atoms with Gasteiger partial charge >= 0.3 is 12.0 Å². The lowest BCUT2D eigenvalue weighted by Gasteiger charge is -2.48. The zero-order chi connectivity index (χ0) is 28.1. The summed E-state index contributed by atoms with van der Waals surface area (Å²) in [5.41, 5.74) is -2.04. The molecule has 3 amide bonds. The quantitative estimate of drug-likeness (QED) is 0.414. The van der Waals surface area contributed by atoms with Crippen LogP contribution < -0.4 is 4.90 Å². The van der Waals surface area contributed by atoms with Gasteiger partial charge in [0.15, 0.2) is 11.6 Å². The highest BCUT2D eigenvalue weighted by molar-refractivity contribution is 6.16. The van der Waals surface area contributed by atoms with E-state index in [0.717, 1.165) is 12.1 Å². The van der Waals surface area contributed by atoms with Gasteiger partial charge in [-0.15, -0.1) is 0 Å². The summed E-state index contributed by atoms with van der Waals surface area (Å²) in [6, 6.07) is 9.84. The van der Waals surface area contributed by atoms with Gasteiger partial charge in [0.1, 0.15) is 11.3 Å². The molecule has 1 heterocycles. The monoisotopic (exact) mass is 526 g/mol. The Hall–Kier alpha value is -3.77. The molecule has 3 rings (SSSR count). The molecular weight excluding hydrogens is 494 g/mol. The first-order valence-electron chi connectivity index (χ1n) is 12.4. The van der Waals surface area contributed by atoms with E-state index in [-0.39, 0.29) is 37.8 Å². The zero-order valence-corrected chi connectivity index (χ0v) is 22.0. The lowest BCUT2D eigenvalue weighted by molar-refractivity contribution is -0.155. The molecule has 0 radical (unpaired) electrons. The number of carbonyl (C=O) groups excluding carboxylic acids is 3. The number of rotatable bonds is 7. The van der Waals surface area contributed by atoms with Gasteiger partial charge in [-0.05, 0) is 57.9 Å². The number of anilines is 1. The number of ether oxygens (including phenoxy) is 1. The highest BCUT2D eigenvalue weighted by atomic mass is 19.1. The maximum Gasteiger partial charge on any atom is 0.332 e. The molecule has 0 spiro atoms. The van der Waals surface area contributed by atoms with Crippen molar-refractivity contribution < 1.29 is 33.0 Å².